The third kappa shape index (κ3) is 3.72. The highest BCUT2D eigenvalue weighted by molar-refractivity contribution is 8.27. The number of hydrogen-bond donors (Lipinski definition) is 3. The summed E-state index contributed by atoms with van der Waals surface area (Å²) in [7, 11) is -1.24. The number of para-hydroxylation sites is 1. The predicted molar refractivity (Wildman–Crippen MR) is 106 cm³/mol. The van der Waals surface area contributed by atoms with Gasteiger partial charge in [0.15, 0.2) is 0 Å². The average molecular weight is 393 g/mol. The zero-order valence-corrected chi connectivity index (χ0v) is 15.7. The molecule has 2 aromatic rings. The Morgan fingerprint density at radius 2 is 1.79 bits per heavy atom. The quantitative estimate of drug-likeness (QED) is 0.665. The Bertz CT molecular complexity index is 648. The molecule has 0 radical (unpaired) electrons. The topological polar surface area (TPSA) is 71.9 Å². The number of benzene rings is 1. The molecule has 0 aliphatic carbocycles. The maximum absolute atomic E-state index is 10.8. The summed E-state index contributed by atoms with van der Waals surface area (Å²) in [4.78, 5) is 4.14. The lowest BCUT2D eigenvalue weighted by atomic mass is 10.2. The molecule has 9 heteroatoms. The van der Waals surface area contributed by atoms with Gasteiger partial charge in [-0.15, -0.1) is 24.8 Å². The molecule has 2 heterocycles. The van der Waals surface area contributed by atoms with Gasteiger partial charge < -0.3 is 5.32 Å². The minimum atomic E-state index is -3.12. The second-order valence-corrected chi connectivity index (χ2v) is 6.83. The summed E-state index contributed by atoms with van der Waals surface area (Å²) in [6.07, 6.45) is 4.17. The van der Waals surface area contributed by atoms with E-state index in [1.54, 1.807) is 21.0 Å². The van der Waals surface area contributed by atoms with Crippen LogP contribution in [0.15, 0.2) is 48.8 Å². The van der Waals surface area contributed by atoms with Gasteiger partial charge in [0.25, 0.3) is 0 Å². The minimum Gasteiger partial charge on any atom is -0.320 e. The van der Waals surface area contributed by atoms with Gasteiger partial charge >= 0.3 is 0 Å². The normalized spacial score (nSPS) is 16.0. The smallest absolute Gasteiger partial charge is 0.108 e. The third-order valence-electron chi connectivity index (χ3n) is 3.58. The molecule has 0 amide bonds. The number of nitrogens with one attached hydrogen (secondary N) is 1. The van der Waals surface area contributed by atoms with Crippen molar-refractivity contribution in [1.29, 1.82) is 0 Å². The van der Waals surface area contributed by atoms with Crippen LogP contribution in [0.1, 0.15) is 6.42 Å². The summed E-state index contributed by atoms with van der Waals surface area (Å²) in [5.74, 6) is 0. The van der Waals surface area contributed by atoms with Crippen molar-refractivity contribution >= 4 is 52.8 Å². The lowest BCUT2D eigenvalue weighted by molar-refractivity contribution is 0.483. The highest BCUT2D eigenvalue weighted by atomic mass is 35.5. The summed E-state index contributed by atoms with van der Waals surface area (Å²) >= 11 is 0. The highest BCUT2D eigenvalue weighted by Crippen LogP contribution is 2.63. The number of anilines is 3. The van der Waals surface area contributed by atoms with Crippen LogP contribution in [-0.2, 0) is 0 Å². The number of pyridine rings is 1. The van der Waals surface area contributed by atoms with E-state index in [-0.39, 0.29) is 24.8 Å². The number of fused-ring (bicyclic) bond motifs is 1. The van der Waals surface area contributed by atoms with Crippen molar-refractivity contribution in [1.82, 2.24) is 10.3 Å². The maximum atomic E-state index is 10.8. The Morgan fingerprint density at radius 3 is 2.46 bits per heavy atom. The standard InChI is InChI=1S/C15H20N4O2S.2ClH/c1-16-9-5-11-18-14-8-10-17-12-15(14)19(22(18,20)21)13-6-3-2-4-7-13;;/h2-4,6-8,10,12,16,20-21H,5,9,11H2,1H3;2*1H. The Hall–Kier alpha value is -1.22. The van der Waals surface area contributed by atoms with E-state index in [2.05, 4.69) is 10.3 Å². The molecule has 0 saturated carbocycles. The first kappa shape index (κ1) is 20.8. The van der Waals surface area contributed by atoms with Gasteiger partial charge in [-0.2, -0.15) is 0 Å². The molecule has 134 valence electrons. The lowest BCUT2D eigenvalue weighted by Crippen LogP contribution is -2.32. The summed E-state index contributed by atoms with van der Waals surface area (Å²) in [5, 5.41) is 3.08. The predicted octanol–water partition coefficient (Wildman–Crippen LogP) is 4.07. The van der Waals surface area contributed by atoms with Crippen molar-refractivity contribution in [3.05, 3.63) is 48.8 Å². The minimum absolute atomic E-state index is 0. The molecule has 1 aromatic heterocycles. The molecular weight excluding hydrogens is 371 g/mol. The fraction of sp³-hybridized carbons (Fsp3) is 0.267. The second-order valence-electron chi connectivity index (χ2n) is 5.04. The van der Waals surface area contributed by atoms with Crippen molar-refractivity contribution in [2.45, 2.75) is 6.42 Å². The number of rotatable bonds is 5. The van der Waals surface area contributed by atoms with E-state index >= 15 is 0 Å². The molecule has 3 N–H and O–H groups in total. The molecular formula is C15H22Cl2N4O2S. The fourth-order valence-electron chi connectivity index (χ4n) is 2.59. The van der Waals surface area contributed by atoms with Crippen molar-refractivity contribution in [3.8, 4) is 0 Å². The molecule has 0 spiro atoms. The fourth-order valence-corrected chi connectivity index (χ4v) is 4.39. The van der Waals surface area contributed by atoms with Crippen molar-refractivity contribution in [2.24, 2.45) is 0 Å². The molecule has 0 bridgehead atoms. The number of halogens is 2. The molecule has 1 aliphatic heterocycles. The summed E-state index contributed by atoms with van der Waals surface area (Å²) in [5.41, 5.74) is 2.26. The summed E-state index contributed by atoms with van der Waals surface area (Å²) < 4.78 is 24.9. The van der Waals surface area contributed by atoms with Crippen LogP contribution in [0.3, 0.4) is 0 Å². The summed E-state index contributed by atoms with van der Waals surface area (Å²) in [6.45, 7) is 1.38. The van der Waals surface area contributed by atoms with Gasteiger partial charge in [0.2, 0.25) is 0 Å². The van der Waals surface area contributed by atoms with E-state index in [1.807, 2.05) is 43.4 Å². The van der Waals surface area contributed by atoms with Gasteiger partial charge in [0.1, 0.15) is 5.69 Å². The second kappa shape index (κ2) is 8.75. The number of hydrogen-bond acceptors (Lipinski definition) is 6. The van der Waals surface area contributed by atoms with Crippen LogP contribution >= 0.6 is 35.8 Å². The Labute approximate surface area is 156 Å². The molecule has 0 fully saturated rings. The molecule has 1 aromatic carbocycles. The van der Waals surface area contributed by atoms with Crippen molar-refractivity contribution < 1.29 is 9.11 Å². The van der Waals surface area contributed by atoms with Crippen LogP contribution in [0.4, 0.5) is 17.1 Å². The molecule has 0 saturated heterocycles. The number of aromatic nitrogens is 1. The van der Waals surface area contributed by atoms with Crippen molar-refractivity contribution in [2.75, 3.05) is 28.7 Å². The first-order valence-corrected chi connectivity index (χ1v) is 8.62. The van der Waals surface area contributed by atoms with E-state index in [0.29, 0.717) is 6.54 Å². The van der Waals surface area contributed by atoms with Gasteiger partial charge in [-0.05, 0) is 49.2 Å². The van der Waals surface area contributed by atoms with E-state index in [0.717, 1.165) is 30.0 Å². The first-order chi connectivity index (χ1) is 10.7. The van der Waals surface area contributed by atoms with Gasteiger partial charge in [0, 0.05) is 12.7 Å². The van der Waals surface area contributed by atoms with Crippen LogP contribution in [0.25, 0.3) is 0 Å². The van der Waals surface area contributed by atoms with Gasteiger partial charge in [-0.3, -0.25) is 18.4 Å². The molecule has 24 heavy (non-hydrogen) atoms. The van der Waals surface area contributed by atoms with E-state index in [1.165, 1.54) is 0 Å². The van der Waals surface area contributed by atoms with Gasteiger partial charge in [0.05, 0.1) is 17.6 Å². The SMILES string of the molecule is CNCCCN1c2ccncc2N(c2ccccc2)S1(O)O.Cl.Cl. The molecule has 0 atom stereocenters. The average Bonchev–Trinajstić information content (AvgIpc) is 2.75. The molecule has 6 nitrogen and oxygen atoms in total. The zero-order chi connectivity index (χ0) is 15.6. The van der Waals surface area contributed by atoms with Crippen LogP contribution in [-0.4, -0.2) is 34.2 Å². The van der Waals surface area contributed by atoms with Crippen LogP contribution in [0.5, 0.6) is 0 Å². The Balaban J connectivity index is 0.00000144. The highest BCUT2D eigenvalue weighted by Gasteiger charge is 2.41. The molecule has 3 rings (SSSR count). The first-order valence-electron chi connectivity index (χ1n) is 7.16. The van der Waals surface area contributed by atoms with Gasteiger partial charge in [-0.1, -0.05) is 18.2 Å². The number of nitrogens with zero attached hydrogens (tertiary/aromatic N) is 3. The van der Waals surface area contributed by atoms with Crippen LogP contribution in [0.2, 0.25) is 0 Å². The monoisotopic (exact) mass is 392 g/mol. The molecule has 1 aliphatic rings. The third-order valence-corrected chi connectivity index (χ3v) is 5.45. The molecule has 0 unspecified atom stereocenters. The van der Waals surface area contributed by atoms with E-state index < -0.39 is 11.0 Å². The van der Waals surface area contributed by atoms with Crippen LogP contribution in [0, 0.1) is 0 Å². The van der Waals surface area contributed by atoms with Gasteiger partial charge in [-0.25, -0.2) is 4.31 Å². The Kier molecular flexibility index (Phi) is 7.59. The van der Waals surface area contributed by atoms with E-state index in [9.17, 15) is 9.11 Å². The lowest BCUT2D eigenvalue weighted by Gasteiger charge is -2.43. The largest absolute Gasteiger partial charge is 0.320 e. The summed E-state index contributed by atoms with van der Waals surface area (Å²) in [6, 6.07) is 11.2. The Morgan fingerprint density at radius 1 is 1.08 bits per heavy atom. The van der Waals surface area contributed by atoms with Crippen LogP contribution < -0.4 is 13.9 Å². The van der Waals surface area contributed by atoms with Crippen molar-refractivity contribution in [3.63, 3.8) is 0 Å². The maximum Gasteiger partial charge on any atom is 0.108 e. The van der Waals surface area contributed by atoms with E-state index in [4.69, 9.17) is 0 Å². The zero-order valence-electron chi connectivity index (χ0n) is 13.2.